The molecule has 4 rings (SSSR count). The second-order valence-corrected chi connectivity index (χ2v) is 8.57. The molecule has 1 aromatic heterocycles. The number of anilines is 1. The maximum atomic E-state index is 12.8. The van der Waals surface area contributed by atoms with Crippen molar-refractivity contribution in [1.82, 2.24) is 9.88 Å². The van der Waals surface area contributed by atoms with E-state index in [2.05, 4.69) is 4.98 Å². The van der Waals surface area contributed by atoms with Gasteiger partial charge in [0, 0.05) is 32.4 Å². The van der Waals surface area contributed by atoms with Crippen molar-refractivity contribution in [2.75, 3.05) is 31.1 Å². The van der Waals surface area contributed by atoms with Gasteiger partial charge in [-0.25, -0.2) is 4.98 Å². The van der Waals surface area contributed by atoms with Gasteiger partial charge in [0.25, 0.3) is 5.91 Å². The molecule has 3 aromatic rings. The van der Waals surface area contributed by atoms with Crippen molar-refractivity contribution >= 4 is 11.7 Å². The predicted octanol–water partition coefficient (Wildman–Crippen LogP) is 6.03. The molecule has 0 N–H and O–H groups in total. The van der Waals surface area contributed by atoms with Crippen LogP contribution in [0.25, 0.3) is 0 Å². The molecule has 0 spiro atoms. The van der Waals surface area contributed by atoms with Gasteiger partial charge in [-0.3, -0.25) is 4.79 Å². The Morgan fingerprint density at radius 3 is 1.76 bits per heavy atom. The van der Waals surface area contributed by atoms with Crippen LogP contribution in [-0.4, -0.2) is 48.1 Å². The fraction of sp³-hybridized carbons (Fsp3) is 0.308. The zero-order chi connectivity index (χ0) is 27.5. The number of amides is 1. The highest BCUT2D eigenvalue weighted by Crippen LogP contribution is 2.32. The normalized spacial score (nSPS) is 15.2. The highest BCUT2D eigenvalue weighted by molar-refractivity contribution is 5.81. The Labute approximate surface area is 214 Å². The highest BCUT2D eigenvalue weighted by Gasteiger charge is 2.32. The second kappa shape index (κ2) is 10.8. The van der Waals surface area contributed by atoms with Crippen LogP contribution in [0.5, 0.6) is 17.2 Å². The van der Waals surface area contributed by atoms with E-state index >= 15 is 0 Å². The number of nitrogens with zero attached hydrogens (tertiary/aromatic N) is 3. The van der Waals surface area contributed by atoms with Crippen LogP contribution in [0.3, 0.4) is 0 Å². The first kappa shape index (κ1) is 27.1. The maximum absolute atomic E-state index is 12.8. The number of halogens is 6. The summed E-state index contributed by atoms with van der Waals surface area (Å²) in [5.74, 6) is 1.19. The fourth-order valence-electron chi connectivity index (χ4n) is 3.84. The number of ether oxygens (including phenoxy) is 2. The van der Waals surface area contributed by atoms with Gasteiger partial charge in [-0.1, -0.05) is 0 Å². The van der Waals surface area contributed by atoms with Gasteiger partial charge < -0.3 is 19.3 Å². The summed E-state index contributed by atoms with van der Waals surface area (Å²) in [6.07, 6.45) is -8.88. The van der Waals surface area contributed by atoms with E-state index in [4.69, 9.17) is 9.47 Å². The van der Waals surface area contributed by atoms with Crippen molar-refractivity contribution in [2.45, 2.75) is 25.4 Å². The monoisotopic (exact) mass is 539 g/mol. The highest BCUT2D eigenvalue weighted by atomic mass is 19.4. The third kappa shape index (κ3) is 6.67. The van der Waals surface area contributed by atoms with Gasteiger partial charge in [0.1, 0.15) is 23.1 Å². The lowest BCUT2D eigenvalue weighted by Crippen LogP contribution is -2.52. The van der Waals surface area contributed by atoms with Crippen LogP contribution < -0.4 is 14.4 Å². The van der Waals surface area contributed by atoms with E-state index in [9.17, 15) is 31.1 Å². The molecule has 0 radical (unpaired) electrons. The smallest absolute Gasteiger partial charge is 0.417 e. The molecular formula is C26H23F6N3O3. The minimum Gasteiger partial charge on any atom is -0.481 e. The number of carbonyl (C=O) groups is 1. The quantitative estimate of drug-likeness (QED) is 0.358. The molecule has 6 nitrogen and oxygen atoms in total. The molecule has 202 valence electrons. The zero-order valence-electron chi connectivity index (χ0n) is 20.1. The largest absolute Gasteiger partial charge is 0.481 e. The number of hydrogen-bond acceptors (Lipinski definition) is 5. The lowest BCUT2D eigenvalue weighted by atomic mass is 10.2. The Bertz CT molecular complexity index is 1220. The Morgan fingerprint density at radius 2 is 1.26 bits per heavy atom. The molecule has 12 heteroatoms. The summed E-state index contributed by atoms with van der Waals surface area (Å²) in [7, 11) is 0. The molecule has 1 amide bonds. The molecule has 2 heterocycles. The second-order valence-electron chi connectivity index (χ2n) is 8.57. The van der Waals surface area contributed by atoms with E-state index in [-0.39, 0.29) is 11.7 Å². The SMILES string of the molecule is C[C@H](Oc1ccc(Oc2ccc(C(F)(F)F)cc2)cc1)C(=O)N1CCN(c2ccc(C(F)(F)F)cn2)CC1. The van der Waals surface area contributed by atoms with Crippen LogP contribution in [0.2, 0.25) is 0 Å². The first-order valence-corrected chi connectivity index (χ1v) is 11.6. The third-order valence-corrected chi connectivity index (χ3v) is 5.89. The Hall–Kier alpha value is -3.96. The molecular weight excluding hydrogens is 516 g/mol. The number of aromatic nitrogens is 1. The van der Waals surface area contributed by atoms with Crippen LogP contribution in [0, 0.1) is 0 Å². The average molecular weight is 539 g/mol. The van der Waals surface area contributed by atoms with E-state index < -0.39 is 29.6 Å². The number of benzene rings is 2. The van der Waals surface area contributed by atoms with Crippen molar-refractivity contribution < 1.29 is 40.6 Å². The molecule has 0 bridgehead atoms. The summed E-state index contributed by atoms with van der Waals surface area (Å²) in [6.45, 7) is 3.14. The molecule has 0 aliphatic carbocycles. The number of piperazine rings is 1. The molecule has 0 saturated carbocycles. The maximum Gasteiger partial charge on any atom is 0.417 e. The van der Waals surface area contributed by atoms with Crippen LogP contribution in [0.4, 0.5) is 32.2 Å². The molecule has 1 aliphatic rings. The number of alkyl halides is 6. The molecule has 1 fully saturated rings. The fourth-order valence-corrected chi connectivity index (χ4v) is 3.84. The summed E-state index contributed by atoms with van der Waals surface area (Å²) < 4.78 is 87.6. The Kier molecular flexibility index (Phi) is 7.70. The van der Waals surface area contributed by atoms with E-state index in [0.717, 1.165) is 24.4 Å². The van der Waals surface area contributed by atoms with Crippen molar-refractivity contribution in [3.05, 3.63) is 78.0 Å². The summed E-state index contributed by atoms with van der Waals surface area (Å²) in [5.41, 5.74) is -1.59. The van der Waals surface area contributed by atoms with E-state index in [1.165, 1.54) is 18.2 Å². The van der Waals surface area contributed by atoms with Gasteiger partial charge >= 0.3 is 12.4 Å². The first-order chi connectivity index (χ1) is 17.9. The van der Waals surface area contributed by atoms with Crippen molar-refractivity contribution in [1.29, 1.82) is 0 Å². The van der Waals surface area contributed by atoms with Gasteiger partial charge in [-0.05, 0) is 67.6 Å². The molecule has 38 heavy (non-hydrogen) atoms. The zero-order valence-corrected chi connectivity index (χ0v) is 20.1. The number of rotatable bonds is 6. The van der Waals surface area contributed by atoms with Gasteiger partial charge in [-0.2, -0.15) is 26.3 Å². The lowest BCUT2D eigenvalue weighted by molar-refractivity contribution is -0.138. The van der Waals surface area contributed by atoms with E-state index in [1.54, 1.807) is 36.1 Å². The van der Waals surface area contributed by atoms with E-state index in [0.29, 0.717) is 43.5 Å². The third-order valence-electron chi connectivity index (χ3n) is 5.89. The molecule has 1 atom stereocenters. The van der Waals surface area contributed by atoms with Gasteiger partial charge in [0.15, 0.2) is 6.10 Å². The molecule has 1 saturated heterocycles. The van der Waals surface area contributed by atoms with Crippen molar-refractivity contribution in [3.8, 4) is 17.2 Å². The molecule has 0 unspecified atom stereocenters. The van der Waals surface area contributed by atoms with Crippen LogP contribution in [0.1, 0.15) is 18.1 Å². The minimum absolute atomic E-state index is 0.237. The van der Waals surface area contributed by atoms with Crippen LogP contribution >= 0.6 is 0 Å². The standard InChI is InChI=1S/C26H23F6N3O3/c1-17(24(36)35-14-12-34(13-15-35)23-11-4-19(16-33-23)26(30,31)32)37-20-7-9-22(10-8-20)38-21-5-2-18(3-6-21)25(27,28)29/h2-11,16-17H,12-15H2,1H3/t17-/m0/s1. The molecule has 1 aliphatic heterocycles. The predicted molar refractivity (Wildman–Crippen MR) is 126 cm³/mol. The summed E-state index contributed by atoms with van der Waals surface area (Å²) in [5, 5.41) is 0. The number of hydrogen-bond donors (Lipinski definition) is 0. The van der Waals surface area contributed by atoms with Crippen LogP contribution in [0.15, 0.2) is 66.9 Å². The Morgan fingerprint density at radius 1 is 0.763 bits per heavy atom. The minimum atomic E-state index is -4.45. The lowest BCUT2D eigenvalue weighted by Gasteiger charge is -2.36. The average Bonchev–Trinajstić information content (AvgIpc) is 2.89. The van der Waals surface area contributed by atoms with Gasteiger partial charge in [-0.15, -0.1) is 0 Å². The van der Waals surface area contributed by atoms with Gasteiger partial charge in [0.05, 0.1) is 11.1 Å². The first-order valence-electron chi connectivity index (χ1n) is 11.6. The topological polar surface area (TPSA) is 54.9 Å². The summed E-state index contributed by atoms with van der Waals surface area (Å²) in [6, 6.07) is 12.9. The summed E-state index contributed by atoms with van der Waals surface area (Å²) in [4.78, 5) is 20.2. The van der Waals surface area contributed by atoms with E-state index in [1.807, 2.05) is 4.90 Å². The van der Waals surface area contributed by atoms with Gasteiger partial charge in [0.2, 0.25) is 0 Å². The van der Waals surface area contributed by atoms with Crippen molar-refractivity contribution in [2.24, 2.45) is 0 Å². The van der Waals surface area contributed by atoms with Crippen LogP contribution in [-0.2, 0) is 17.1 Å². The Balaban J connectivity index is 1.27. The number of carbonyl (C=O) groups excluding carboxylic acids is 1. The van der Waals surface area contributed by atoms with Crippen molar-refractivity contribution in [3.63, 3.8) is 0 Å². The molecule has 2 aromatic carbocycles. The number of pyridine rings is 1. The summed E-state index contributed by atoms with van der Waals surface area (Å²) >= 11 is 0.